The highest BCUT2D eigenvalue weighted by molar-refractivity contribution is 5.79. The van der Waals surface area contributed by atoms with E-state index in [9.17, 15) is 14.7 Å². The van der Waals surface area contributed by atoms with Crippen LogP contribution >= 0.6 is 0 Å². The van der Waals surface area contributed by atoms with Crippen LogP contribution in [0.4, 0.5) is 4.79 Å². The van der Waals surface area contributed by atoms with Crippen molar-refractivity contribution < 1.29 is 29.8 Å². The molecule has 0 aromatic carbocycles. The maximum atomic E-state index is 13.2. The third kappa shape index (κ3) is 3.34. The summed E-state index contributed by atoms with van der Waals surface area (Å²) in [6.07, 6.45) is -10.7. The van der Waals surface area contributed by atoms with Gasteiger partial charge < -0.3 is 20.2 Å². The van der Waals surface area contributed by atoms with E-state index in [1.807, 2.05) is 11.8 Å². The SMILES string of the molecule is [2H]C([2H])([2H])C1(NC(=O)C2CCN(C3C(CC)[C@]4(CCN(C(=O)O)C4)C3([2H])[2H])CC2)C([2H])([2H])C([2H])([2H])C1([2H])[2H]. The van der Waals surface area contributed by atoms with Crippen LogP contribution in [-0.2, 0) is 4.79 Å². The van der Waals surface area contributed by atoms with Crippen LogP contribution in [0.5, 0.6) is 0 Å². The van der Waals surface area contributed by atoms with Crippen molar-refractivity contribution in [1.82, 2.24) is 15.1 Å². The molecule has 3 atom stereocenters. The molecule has 27 heavy (non-hydrogen) atoms. The van der Waals surface area contributed by atoms with E-state index in [0.717, 1.165) is 0 Å². The van der Waals surface area contributed by atoms with Gasteiger partial charge in [0.1, 0.15) is 0 Å². The van der Waals surface area contributed by atoms with Crippen LogP contribution in [0.1, 0.15) is 80.0 Å². The number of amides is 2. The van der Waals surface area contributed by atoms with Crippen molar-refractivity contribution in [3.8, 4) is 0 Å². The Labute approximate surface area is 178 Å². The Balaban J connectivity index is 1.47. The molecule has 0 radical (unpaired) electrons. The lowest BCUT2D eigenvalue weighted by Crippen LogP contribution is -2.62. The molecule has 4 rings (SSSR count). The Kier molecular flexibility index (Phi) is 2.56. The summed E-state index contributed by atoms with van der Waals surface area (Å²) in [7, 11) is 0. The van der Waals surface area contributed by atoms with E-state index in [0.29, 0.717) is 25.9 Å². The number of piperidine rings is 1. The first-order valence-corrected chi connectivity index (χ1v) is 9.72. The number of carbonyl (C=O) groups is 2. The summed E-state index contributed by atoms with van der Waals surface area (Å²) in [5, 5.41) is 11.5. The standard InChI is InChI=1S/C21H35N3O3/c1-3-16-17(13-21(16)9-12-24(14-21)19(26)27)23-10-5-15(6-11-23)18(25)22-20(2)7-4-8-20/h15-17H,3-14H2,1-2H3,(H,22,25)(H,26,27)/t16?,17?,21-/m1/s1/i2D3,4D2,7D2,8D2,13D2. The van der Waals surface area contributed by atoms with Gasteiger partial charge in [-0.1, -0.05) is 13.3 Å². The lowest BCUT2D eigenvalue weighted by atomic mass is 9.54. The number of carboxylic acid groups (broad SMARTS) is 1. The molecule has 2 N–H and O–H groups in total. The lowest BCUT2D eigenvalue weighted by molar-refractivity contribution is -0.131. The van der Waals surface area contributed by atoms with Crippen molar-refractivity contribution in [2.45, 2.75) is 76.5 Å². The number of nitrogens with one attached hydrogen (secondary N) is 1. The van der Waals surface area contributed by atoms with Crippen LogP contribution in [-0.4, -0.2) is 64.7 Å². The first-order chi connectivity index (χ1) is 17.2. The molecule has 0 aromatic rings. The van der Waals surface area contributed by atoms with Crippen molar-refractivity contribution >= 4 is 12.0 Å². The van der Waals surface area contributed by atoms with E-state index >= 15 is 0 Å². The van der Waals surface area contributed by atoms with Crippen LogP contribution < -0.4 is 5.32 Å². The molecule has 4 aliphatic rings. The van der Waals surface area contributed by atoms with Crippen LogP contribution in [0.3, 0.4) is 0 Å². The fraction of sp³-hybridized carbons (Fsp3) is 0.905. The van der Waals surface area contributed by atoms with E-state index in [1.165, 1.54) is 4.90 Å². The second-order valence-electron chi connectivity index (χ2n) is 8.14. The van der Waals surface area contributed by atoms with Crippen molar-refractivity contribution in [2.24, 2.45) is 17.3 Å². The number of rotatable bonds is 4. The predicted molar refractivity (Wildman–Crippen MR) is 104 cm³/mol. The van der Waals surface area contributed by atoms with E-state index in [2.05, 4.69) is 5.32 Å². The molecule has 2 heterocycles. The normalized spacial score (nSPS) is 50.3. The molecule has 0 aromatic heterocycles. The Bertz CT molecular complexity index is 979. The minimum Gasteiger partial charge on any atom is -0.465 e. The molecule has 2 saturated heterocycles. The van der Waals surface area contributed by atoms with Gasteiger partial charge in [-0.25, -0.2) is 4.79 Å². The average molecular weight is 389 g/mol. The zero-order valence-electron chi connectivity index (χ0n) is 26.5. The molecule has 2 unspecified atom stereocenters. The van der Waals surface area contributed by atoms with Gasteiger partial charge in [-0.2, -0.15) is 0 Å². The van der Waals surface area contributed by atoms with E-state index in [-0.39, 0.29) is 31.8 Å². The van der Waals surface area contributed by atoms with Gasteiger partial charge in [0.25, 0.3) is 0 Å². The number of carbonyl (C=O) groups excluding carboxylic acids is 1. The minimum absolute atomic E-state index is 0.0808. The highest BCUT2D eigenvalue weighted by Crippen LogP contribution is 2.56. The topological polar surface area (TPSA) is 72.9 Å². The highest BCUT2D eigenvalue weighted by atomic mass is 16.4. The molecule has 6 nitrogen and oxygen atoms in total. The molecule has 6 heteroatoms. The van der Waals surface area contributed by atoms with Gasteiger partial charge in [0.2, 0.25) is 5.91 Å². The Morgan fingerprint density at radius 3 is 2.63 bits per heavy atom. The van der Waals surface area contributed by atoms with Gasteiger partial charge in [0.15, 0.2) is 0 Å². The lowest BCUT2D eigenvalue weighted by Gasteiger charge is -2.58. The molecule has 2 aliphatic heterocycles. The third-order valence-corrected chi connectivity index (χ3v) is 6.64. The number of hydrogen-bond acceptors (Lipinski definition) is 3. The summed E-state index contributed by atoms with van der Waals surface area (Å²) in [5.41, 5.74) is -3.83. The molecule has 4 fully saturated rings. The minimum atomic E-state index is -3.36. The first-order valence-electron chi connectivity index (χ1n) is 15.2. The summed E-state index contributed by atoms with van der Waals surface area (Å²) in [6.45, 7) is -0.385. The fourth-order valence-electron chi connectivity index (χ4n) is 5.06. The molecule has 0 bridgehead atoms. The maximum Gasteiger partial charge on any atom is 0.407 e. The van der Waals surface area contributed by atoms with Crippen LogP contribution in [0.25, 0.3) is 0 Å². The Hall–Kier alpha value is -1.30. The molecule has 152 valence electrons. The van der Waals surface area contributed by atoms with Gasteiger partial charge in [0, 0.05) is 45.7 Å². The summed E-state index contributed by atoms with van der Waals surface area (Å²) in [6, 6.07) is -0.471. The first kappa shape index (κ1) is 9.95. The quantitative estimate of drug-likeness (QED) is 0.777. The number of nitrogens with zero attached hydrogens (tertiary/aromatic N) is 2. The second-order valence-corrected chi connectivity index (χ2v) is 8.14. The van der Waals surface area contributed by atoms with Crippen LogP contribution in [0, 0.1) is 17.3 Å². The second kappa shape index (κ2) is 6.94. The largest absolute Gasteiger partial charge is 0.465 e. The Morgan fingerprint density at radius 2 is 2.04 bits per heavy atom. The maximum absolute atomic E-state index is 13.2. The summed E-state index contributed by atoms with van der Waals surface area (Å²) in [5.74, 6) is -1.72. The molecule has 2 aliphatic carbocycles. The fourth-order valence-corrected chi connectivity index (χ4v) is 5.06. The Morgan fingerprint density at radius 1 is 1.30 bits per heavy atom. The summed E-state index contributed by atoms with van der Waals surface area (Å²) < 4.78 is 89.4. The van der Waals surface area contributed by atoms with Crippen molar-refractivity contribution in [2.75, 3.05) is 26.2 Å². The van der Waals surface area contributed by atoms with E-state index in [4.69, 9.17) is 15.1 Å². The van der Waals surface area contributed by atoms with E-state index < -0.39 is 67.3 Å². The predicted octanol–water partition coefficient (Wildman–Crippen LogP) is 2.93. The smallest absolute Gasteiger partial charge is 0.407 e. The van der Waals surface area contributed by atoms with Gasteiger partial charge >= 0.3 is 6.09 Å². The van der Waals surface area contributed by atoms with Crippen LogP contribution in [0.15, 0.2) is 0 Å². The highest BCUT2D eigenvalue weighted by Gasteiger charge is 2.58. The van der Waals surface area contributed by atoms with Crippen molar-refractivity contribution in [3.63, 3.8) is 0 Å². The zero-order chi connectivity index (χ0) is 28.9. The molecule has 2 saturated carbocycles. The monoisotopic (exact) mass is 388 g/mol. The molecule has 2 amide bonds. The molecular formula is C21H35N3O3. The number of hydrogen-bond donors (Lipinski definition) is 2. The summed E-state index contributed by atoms with van der Waals surface area (Å²) >= 11 is 0. The zero-order valence-corrected chi connectivity index (χ0v) is 15.5. The third-order valence-electron chi connectivity index (χ3n) is 6.64. The van der Waals surface area contributed by atoms with Gasteiger partial charge in [-0.3, -0.25) is 4.79 Å². The molecular weight excluding hydrogens is 342 g/mol. The van der Waals surface area contributed by atoms with Crippen molar-refractivity contribution in [1.29, 1.82) is 0 Å². The van der Waals surface area contributed by atoms with Gasteiger partial charge in [0.05, 0.1) is 0 Å². The average Bonchev–Trinajstić information content (AvgIpc) is 3.28. The van der Waals surface area contributed by atoms with Gasteiger partial charge in [-0.15, -0.1) is 0 Å². The summed E-state index contributed by atoms with van der Waals surface area (Å²) in [4.78, 5) is 27.9. The van der Waals surface area contributed by atoms with Crippen LogP contribution in [0.2, 0.25) is 0 Å². The van der Waals surface area contributed by atoms with Gasteiger partial charge in [-0.05, 0) is 76.0 Å². The van der Waals surface area contributed by atoms with Crippen molar-refractivity contribution in [3.05, 3.63) is 0 Å². The molecule has 1 spiro atoms. The number of likely N-dealkylation sites (tertiary alicyclic amines) is 2. The van der Waals surface area contributed by atoms with E-state index in [1.54, 1.807) is 0 Å².